The Balaban J connectivity index is 2.10. The Labute approximate surface area is 115 Å². The number of benzene rings is 2. The molecule has 0 aromatic heterocycles. The molecule has 98 valence electrons. The Kier molecular flexibility index (Phi) is 4.02. The molecule has 3 N–H and O–H groups in total. The summed E-state index contributed by atoms with van der Waals surface area (Å²) in [5.74, 6) is 0.00823. The molecule has 0 saturated heterocycles. The van der Waals surface area contributed by atoms with E-state index in [0.717, 1.165) is 5.56 Å². The number of rotatable bonds is 4. The molecule has 0 fully saturated rings. The van der Waals surface area contributed by atoms with Crippen LogP contribution in [0.4, 0.5) is 4.39 Å². The molecule has 0 amide bonds. The van der Waals surface area contributed by atoms with Crippen molar-refractivity contribution in [2.75, 3.05) is 0 Å². The second-order valence-corrected chi connectivity index (χ2v) is 4.38. The van der Waals surface area contributed by atoms with Gasteiger partial charge in [0.1, 0.15) is 24.0 Å². The van der Waals surface area contributed by atoms with Crippen LogP contribution < -0.4 is 10.5 Å². The molecule has 2 aromatic rings. The summed E-state index contributed by atoms with van der Waals surface area (Å²) in [5.41, 5.74) is 6.90. The summed E-state index contributed by atoms with van der Waals surface area (Å²) < 4.78 is 18.4. The second kappa shape index (κ2) is 5.71. The monoisotopic (exact) mass is 278 g/mol. The van der Waals surface area contributed by atoms with Crippen LogP contribution in [0.1, 0.15) is 11.1 Å². The first-order valence-corrected chi connectivity index (χ1v) is 5.95. The van der Waals surface area contributed by atoms with Gasteiger partial charge in [0.05, 0.1) is 5.02 Å². The third kappa shape index (κ3) is 3.45. The first kappa shape index (κ1) is 13.4. The quantitative estimate of drug-likeness (QED) is 0.666. The van der Waals surface area contributed by atoms with E-state index in [1.54, 1.807) is 18.2 Å². The van der Waals surface area contributed by atoms with E-state index in [-0.39, 0.29) is 17.5 Å². The fourth-order valence-electron chi connectivity index (χ4n) is 1.58. The van der Waals surface area contributed by atoms with Gasteiger partial charge >= 0.3 is 0 Å². The molecule has 0 aliphatic carbocycles. The molecule has 2 aromatic carbocycles. The van der Waals surface area contributed by atoms with Gasteiger partial charge in [0.2, 0.25) is 0 Å². The molecule has 2 rings (SSSR count). The highest BCUT2D eigenvalue weighted by molar-refractivity contribution is 6.32. The largest absolute Gasteiger partial charge is 0.487 e. The predicted octanol–water partition coefficient (Wildman–Crippen LogP) is 3.34. The molecule has 19 heavy (non-hydrogen) atoms. The maximum atomic E-state index is 12.9. The average molecular weight is 279 g/mol. The Morgan fingerprint density at radius 1 is 1.26 bits per heavy atom. The normalized spacial score (nSPS) is 10.2. The molecule has 3 nitrogen and oxygen atoms in total. The fourth-order valence-corrected chi connectivity index (χ4v) is 1.80. The Morgan fingerprint density at radius 3 is 2.74 bits per heavy atom. The lowest BCUT2D eigenvalue weighted by Crippen LogP contribution is -2.11. The van der Waals surface area contributed by atoms with Gasteiger partial charge in [-0.1, -0.05) is 29.8 Å². The van der Waals surface area contributed by atoms with Crippen molar-refractivity contribution < 1.29 is 9.13 Å². The lowest BCUT2D eigenvalue weighted by Gasteiger charge is -2.09. The summed E-state index contributed by atoms with van der Waals surface area (Å²) in [6, 6.07) is 11.1. The lowest BCUT2D eigenvalue weighted by molar-refractivity contribution is 0.306. The summed E-state index contributed by atoms with van der Waals surface area (Å²) in [6.07, 6.45) is 0. The van der Waals surface area contributed by atoms with Gasteiger partial charge in [-0.3, -0.25) is 5.41 Å². The van der Waals surface area contributed by atoms with Gasteiger partial charge in [-0.25, -0.2) is 4.39 Å². The van der Waals surface area contributed by atoms with Gasteiger partial charge < -0.3 is 10.5 Å². The molecule has 5 heteroatoms. The van der Waals surface area contributed by atoms with Crippen LogP contribution in [0.2, 0.25) is 5.02 Å². The van der Waals surface area contributed by atoms with Crippen LogP contribution in [0, 0.1) is 11.2 Å². The zero-order valence-electron chi connectivity index (χ0n) is 9.99. The van der Waals surface area contributed by atoms with Gasteiger partial charge in [0, 0.05) is 5.56 Å². The maximum absolute atomic E-state index is 12.9. The zero-order valence-corrected chi connectivity index (χ0v) is 10.7. The number of nitrogen functional groups attached to an aromatic ring is 1. The molecule has 0 bridgehead atoms. The lowest BCUT2D eigenvalue weighted by atomic mass is 10.1. The third-order valence-corrected chi connectivity index (χ3v) is 2.82. The first-order valence-electron chi connectivity index (χ1n) is 5.57. The molecule has 0 aliphatic heterocycles. The van der Waals surface area contributed by atoms with Crippen molar-refractivity contribution >= 4 is 17.4 Å². The van der Waals surface area contributed by atoms with Crippen LogP contribution in [-0.4, -0.2) is 5.84 Å². The highest BCUT2D eigenvalue weighted by Crippen LogP contribution is 2.25. The minimum Gasteiger partial charge on any atom is -0.487 e. The van der Waals surface area contributed by atoms with Gasteiger partial charge in [-0.2, -0.15) is 0 Å². The minimum absolute atomic E-state index is 0.00154. The number of nitrogens with one attached hydrogen (secondary N) is 1. The van der Waals surface area contributed by atoms with E-state index in [2.05, 4.69) is 0 Å². The van der Waals surface area contributed by atoms with Crippen molar-refractivity contribution in [2.45, 2.75) is 6.61 Å². The van der Waals surface area contributed by atoms with Gasteiger partial charge in [0.15, 0.2) is 0 Å². The van der Waals surface area contributed by atoms with Crippen molar-refractivity contribution in [1.29, 1.82) is 5.41 Å². The summed E-state index contributed by atoms with van der Waals surface area (Å²) in [7, 11) is 0. The van der Waals surface area contributed by atoms with E-state index >= 15 is 0 Å². The summed E-state index contributed by atoms with van der Waals surface area (Å²) >= 11 is 5.86. The summed E-state index contributed by atoms with van der Waals surface area (Å²) in [4.78, 5) is 0. The van der Waals surface area contributed by atoms with E-state index in [9.17, 15) is 4.39 Å². The van der Waals surface area contributed by atoms with Crippen LogP contribution in [0.25, 0.3) is 0 Å². The smallest absolute Gasteiger partial charge is 0.138 e. The minimum atomic E-state index is -0.407. The number of hydrogen-bond donors (Lipinski definition) is 2. The molecule has 0 unspecified atom stereocenters. The zero-order chi connectivity index (χ0) is 13.8. The molecule has 0 radical (unpaired) electrons. The second-order valence-electron chi connectivity index (χ2n) is 3.98. The standard InChI is InChI=1S/C14H12ClFN2O/c15-12-7-11(16)4-5-13(12)19-8-9-2-1-3-10(6-9)14(17)18/h1-7H,8H2,(H3,17,18). The Morgan fingerprint density at radius 2 is 2.05 bits per heavy atom. The fraction of sp³-hybridized carbons (Fsp3) is 0.0714. The molecule has 0 heterocycles. The van der Waals surface area contributed by atoms with E-state index in [4.69, 9.17) is 27.5 Å². The van der Waals surface area contributed by atoms with E-state index in [1.807, 2.05) is 6.07 Å². The number of halogens is 2. The number of hydrogen-bond acceptors (Lipinski definition) is 2. The predicted molar refractivity (Wildman–Crippen MR) is 73.2 cm³/mol. The van der Waals surface area contributed by atoms with Crippen LogP contribution in [0.15, 0.2) is 42.5 Å². The van der Waals surface area contributed by atoms with Gasteiger partial charge in [-0.15, -0.1) is 0 Å². The molecular weight excluding hydrogens is 267 g/mol. The summed E-state index contributed by atoms with van der Waals surface area (Å²) in [6.45, 7) is 0.270. The van der Waals surface area contributed by atoms with Crippen molar-refractivity contribution in [3.63, 3.8) is 0 Å². The summed E-state index contributed by atoms with van der Waals surface area (Å²) in [5, 5.41) is 7.58. The van der Waals surface area contributed by atoms with E-state index in [1.165, 1.54) is 18.2 Å². The molecule has 0 spiro atoms. The SMILES string of the molecule is N=C(N)c1cccc(COc2ccc(F)cc2Cl)c1. The van der Waals surface area contributed by atoms with Crippen molar-refractivity contribution in [3.05, 3.63) is 64.4 Å². The van der Waals surface area contributed by atoms with Crippen LogP contribution in [-0.2, 0) is 6.61 Å². The van der Waals surface area contributed by atoms with Gasteiger partial charge in [0.25, 0.3) is 0 Å². The van der Waals surface area contributed by atoms with Crippen molar-refractivity contribution in [1.82, 2.24) is 0 Å². The van der Waals surface area contributed by atoms with Crippen molar-refractivity contribution in [3.8, 4) is 5.75 Å². The van der Waals surface area contributed by atoms with Gasteiger partial charge in [-0.05, 0) is 29.8 Å². The number of nitrogens with two attached hydrogens (primary N) is 1. The molecule has 0 saturated carbocycles. The van der Waals surface area contributed by atoms with Crippen LogP contribution in [0.5, 0.6) is 5.75 Å². The van der Waals surface area contributed by atoms with E-state index < -0.39 is 5.82 Å². The molecule has 0 atom stereocenters. The number of ether oxygens (including phenoxy) is 1. The Hall–Kier alpha value is -2.07. The molecular formula is C14H12ClFN2O. The first-order chi connectivity index (χ1) is 9.06. The topological polar surface area (TPSA) is 59.1 Å². The average Bonchev–Trinajstić information content (AvgIpc) is 2.38. The Bertz CT molecular complexity index is 616. The van der Waals surface area contributed by atoms with E-state index in [0.29, 0.717) is 11.3 Å². The van der Waals surface area contributed by atoms with Crippen LogP contribution >= 0.6 is 11.6 Å². The number of amidine groups is 1. The molecule has 0 aliphatic rings. The third-order valence-electron chi connectivity index (χ3n) is 2.53. The van der Waals surface area contributed by atoms with Crippen LogP contribution in [0.3, 0.4) is 0 Å². The van der Waals surface area contributed by atoms with Crippen molar-refractivity contribution in [2.24, 2.45) is 5.73 Å². The highest BCUT2D eigenvalue weighted by atomic mass is 35.5. The maximum Gasteiger partial charge on any atom is 0.138 e. The highest BCUT2D eigenvalue weighted by Gasteiger charge is 2.04.